The van der Waals surface area contributed by atoms with Crippen LogP contribution in [0.4, 0.5) is 13.2 Å². The van der Waals surface area contributed by atoms with Crippen molar-refractivity contribution in [1.82, 2.24) is 30.3 Å². The van der Waals surface area contributed by atoms with Gasteiger partial charge in [0.15, 0.2) is 5.65 Å². The summed E-state index contributed by atoms with van der Waals surface area (Å²) in [6.45, 7) is 2.83. The highest BCUT2D eigenvalue weighted by molar-refractivity contribution is 6.04. The van der Waals surface area contributed by atoms with Gasteiger partial charge in [0.1, 0.15) is 6.54 Å². The average Bonchev–Trinajstić information content (AvgIpc) is 3.43. The van der Waals surface area contributed by atoms with Crippen molar-refractivity contribution in [2.45, 2.75) is 51.2 Å². The second-order valence-electron chi connectivity index (χ2n) is 9.88. The molecular formula is C24H27F3N6O6. The van der Waals surface area contributed by atoms with E-state index >= 15 is 0 Å². The molecule has 12 nitrogen and oxygen atoms in total. The lowest BCUT2D eigenvalue weighted by Gasteiger charge is -2.50. The van der Waals surface area contributed by atoms with Crippen LogP contribution >= 0.6 is 0 Å². The van der Waals surface area contributed by atoms with E-state index in [1.807, 2.05) is 11.8 Å². The highest BCUT2D eigenvalue weighted by atomic mass is 19.4. The number of aryl methyl sites for hydroxylation is 1. The number of amides is 4. The number of hydrogen-bond donors (Lipinski definition) is 3. The van der Waals surface area contributed by atoms with Crippen molar-refractivity contribution in [2.24, 2.45) is 11.8 Å². The molecule has 0 aromatic carbocycles. The van der Waals surface area contributed by atoms with Crippen LogP contribution in [-0.2, 0) is 19.2 Å². The SMILES string of the molecule is Cc1[nH]nc2ncc(C(=O)NCC3CC4CCC3N(C(=O)CN3C(=O)CCC3=O)C4)cc12.O=C(O)C(F)(F)F. The smallest absolute Gasteiger partial charge is 0.475 e. The number of aromatic nitrogens is 3. The summed E-state index contributed by atoms with van der Waals surface area (Å²) >= 11 is 0. The van der Waals surface area contributed by atoms with Crippen LogP contribution < -0.4 is 5.32 Å². The number of aliphatic carboxylic acids is 1. The molecule has 3 unspecified atom stereocenters. The van der Waals surface area contributed by atoms with E-state index in [9.17, 15) is 32.3 Å². The molecule has 1 aliphatic carbocycles. The molecule has 4 fully saturated rings. The number of carbonyl (C=O) groups is 5. The lowest BCUT2D eigenvalue weighted by atomic mass is 9.72. The summed E-state index contributed by atoms with van der Waals surface area (Å²) in [5.74, 6) is -3.15. The number of likely N-dealkylation sites (tertiary alicyclic amines) is 1. The number of carboxylic acids is 1. The minimum absolute atomic E-state index is 0.0114. The van der Waals surface area contributed by atoms with E-state index in [1.54, 1.807) is 6.07 Å². The molecule has 210 valence electrons. The van der Waals surface area contributed by atoms with Crippen molar-refractivity contribution in [3.63, 3.8) is 0 Å². The van der Waals surface area contributed by atoms with Gasteiger partial charge in [-0.25, -0.2) is 9.78 Å². The van der Waals surface area contributed by atoms with Gasteiger partial charge in [0.2, 0.25) is 17.7 Å². The van der Waals surface area contributed by atoms with Crippen molar-refractivity contribution < 1.29 is 42.3 Å². The molecule has 2 aromatic heterocycles. The Morgan fingerprint density at radius 2 is 1.85 bits per heavy atom. The van der Waals surface area contributed by atoms with Crippen LogP contribution in [0.2, 0.25) is 0 Å². The van der Waals surface area contributed by atoms with Crippen molar-refractivity contribution in [1.29, 1.82) is 0 Å². The number of halogens is 3. The Balaban J connectivity index is 0.000000448. The van der Waals surface area contributed by atoms with Gasteiger partial charge in [-0.3, -0.25) is 29.2 Å². The Bertz CT molecular complexity index is 1290. The van der Waals surface area contributed by atoms with Crippen molar-refractivity contribution >= 4 is 40.6 Å². The Hall–Kier alpha value is -4.04. The monoisotopic (exact) mass is 552 g/mol. The largest absolute Gasteiger partial charge is 0.490 e. The maximum atomic E-state index is 12.9. The number of imide groups is 1. The van der Waals surface area contributed by atoms with Gasteiger partial charge in [-0.05, 0) is 44.1 Å². The first-order chi connectivity index (χ1) is 18.3. The fourth-order valence-corrected chi connectivity index (χ4v) is 5.34. The molecule has 3 N–H and O–H groups in total. The molecule has 2 aromatic rings. The maximum absolute atomic E-state index is 12.9. The summed E-state index contributed by atoms with van der Waals surface area (Å²) in [7, 11) is 0. The second-order valence-corrected chi connectivity index (χ2v) is 9.88. The zero-order valence-electron chi connectivity index (χ0n) is 21.0. The zero-order chi connectivity index (χ0) is 28.5. The molecular weight excluding hydrogens is 525 g/mol. The third-order valence-corrected chi connectivity index (χ3v) is 7.30. The van der Waals surface area contributed by atoms with Gasteiger partial charge in [0.25, 0.3) is 5.91 Å². The molecule has 4 aliphatic rings. The maximum Gasteiger partial charge on any atom is 0.490 e. The van der Waals surface area contributed by atoms with Gasteiger partial charge < -0.3 is 15.3 Å². The first-order valence-electron chi connectivity index (χ1n) is 12.4. The quantitative estimate of drug-likeness (QED) is 0.469. The summed E-state index contributed by atoms with van der Waals surface area (Å²) in [5, 5.41) is 17.9. The molecule has 39 heavy (non-hydrogen) atoms. The average molecular weight is 553 g/mol. The standard InChI is InChI=1S/C22H26N6O4.C2HF3O2/c1-12-16-7-15(9-23-21(16)26-25-12)22(32)24-8-14-6-13-2-3-17(14)27(10-13)20(31)11-28-18(29)4-5-19(28)30;3-2(4,5)1(6)7/h7,9,13-14,17H,2-6,8,10-11H2,1H3,(H,24,32)(H,23,25,26);(H,6,7). The number of nitrogens with one attached hydrogen (secondary N) is 2. The number of pyridine rings is 1. The van der Waals surface area contributed by atoms with Gasteiger partial charge in [-0.1, -0.05) is 0 Å². The highest BCUT2D eigenvalue weighted by Crippen LogP contribution is 2.39. The van der Waals surface area contributed by atoms with E-state index in [-0.39, 0.29) is 55.0 Å². The normalized spacial score (nSPS) is 22.6. The lowest BCUT2D eigenvalue weighted by Crippen LogP contribution is -2.59. The summed E-state index contributed by atoms with van der Waals surface area (Å²) in [6.07, 6.45) is -0.307. The minimum atomic E-state index is -5.08. The van der Waals surface area contributed by atoms with Crippen LogP contribution in [-0.4, -0.2) is 91.5 Å². The van der Waals surface area contributed by atoms with E-state index < -0.39 is 12.1 Å². The van der Waals surface area contributed by atoms with E-state index in [4.69, 9.17) is 9.90 Å². The fourth-order valence-electron chi connectivity index (χ4n) is 5.34. The van der Waals surface area contributed by atoms with Crippen LogP contribution in [0.25, 0.3) is 11.0 Å². The summed E-state index contributed by atoms with van der Waals surface area (Å²) < 4.78 is 31.7. The minimum Gasteiger partial charge on any atom is -0.475 e. The summed E-state index contributed by atoms with van der Waals surface area (Å²) in [5.41, 5.74) is 1.91. The number of alkyl halides is 3. The molecule has 2 bridgehead atoms. The highest BCUT2D eigenvalue weighted by Gasteiger charge is 2.44. The predicted octanol–water partition coefficient (Wildman–Crippen LogP) is 1.41. The Morgan fingerprint density at radius 3 is 2.46 bits per heavy atom. The number of H-pyrrole nitrogens is 1. The van der Waals surface area contributed by atoms with E-state index in [2.05, 4.69) is 20.5 Å². The molecule has 15 heteroatoms. The summed E-state index contributed by atoms with van der Waals surface area (Å²) in [6, 6.07) is 1.79. The molecule has 0 radical (unpaired) electrons. The summed E-state index contributed by atoms with van der Waals surface area (Å²) in [4.78, 5) is 65.5. The van der Waals surface area contributed by atoms with Crippen LogP contribution in [0.1, 0.15) is 48.2 Å². The van der Waals surface area contributed by atoms with Gasteiger partial charge in [-0.2, -0.15) is 18.3 Å². The van der Waals surface area contributed by atoms with E-state index in [1.165, 1.54) is 6.20 Å². The number of piperidine rings is 2. The Labute approximate surface area is 219 Å². The molecule has 5 heterocycles. The van der Waals surface area contributed by atoms with Crippen LogP contribution in [0.5, 0.6) is 0 Å². The van der Waals surface area contributed by atoms with Gasteiger partial charge in [0, 0.05) is 49.2 Å². The molecule has 4 amide bonds. The first kappa shape index (κ1) is 28.0. The number of carboxylic acid groups (broad SMARTS) is 1. The van der Waals surface area contributed by atoms with Crippen LogP contribution in [0, 0.1) is 18.8 Å². The van der Waals surface area contributed by atoms with E-state index in [0.29, 0.717) is 30.2 Å². The molecule has 1 saturated carbocycles. The lowest BCUT2D eigenvalue weighted by molar-refractivity contribution is -0.192. The Kier molecular flexibility index (Phi) is 7.88. The number of aromatic amines is 1. The molecule has 3 aliphatic heterocycles. The van der Waals surface area contributed by atoms with Gasteiger partial charge in [0.05, 0.1) is 5.56 Å². The van der Waals surface area contributed by atoms with Crippen molar-refractivity contribution in [2.75, 3.05) is 19.6 Å². The molecule has 0 spiro atoms. The number of rotatable bonds is 5. The van der Waals surface area contributed by atoms with E-state index in [0.717, 1.165) is 35.2 Å². The second kappa shape index (κ2) is 11.0. The van der Waals surface area contributed by atoms with Crippen molar-refractivity contribution in [3.05, 3.63) is 23.5 Å². The number of fused-ring (bicyclic) bond motifs is 4. The topological polar surface area (TPSA) is 166 Å². The fraction of sp³-hybridized carbons (Fsp3) is 0.542. The third kappa shape index (κ3) is 6.17. The van der Waals surface area contributed by atoms with Gasteiger partial charge in [-0.15, -0.1) is 0 Å². The first-order valence-corrected chi connectivity index (χ1v) is 12.4. The van der Waals surface area contributed by atoms with Crippen LogP contribution in [0.15, 0.2) is 12.3 Å². The number of carbonyl (C=O) groups excluding carboxylic acids is 4. The predicted molar refractivity (Wildman–Crippen MR) is 127 cm³/mol. The number of hydrogen-bond acceptors (Lipinski definition) is 7. The van der Waals surface area contributed by atoms with Gasteiger partial charge >= 0.3 is 12.1 Å². The third-order valence-electron chi connectivity index (χ3n) is 7.30. The molecule has 3 saturated heterocycles. The molecule has 6 rings (SSSR count). The number of nitrogens with zero attached hydrogens (tertiary/aromatic N) is 4. The zero-order valence-corrected chi connectivity index (χ0v) is 21.0. The molecule has 3 atom stereocenters. The van der Waals surface area contributed by atoms with Crippen LogP contribution in [0.3, 0.4) is 0 Å². The Morgan fingerprint density at radius 1 is 1.18 bits per heavy atom. The van der Waals surface area contributed by atoms with Crippen molar-refractivity contribution in [3.8, 4) is 0 Å².